The Balaban J connectivity index is 1.79. The average Bonchev–Trinajstić information content (AvgIpc) is 3.11. The number of benzene rings is 1. The molecule has 18 heavy (non-hydrogen) atoms. The van der Waals surface area contributed by atoms with Crippen molar-refractivity contribution in [3.05, 3.63) is 48.3 Å². The normalized spacial score (nSPS) is 16.7. The number of nitrogens with one attached hydrogen (secondary N) is 1. The Morgan fingerprint density at radius 1 is 1.28 bits per heavy atom. The van der Waals surface area contributed by atoms with Crippen LogP contribution in [0.2, 0.25) is 0 Å². The third-order valence-electron chi connectivity index (χ3n) is 3.45. The van der Waals surface area contributed by atoms with Crippen molar-refractivity contribution >= 4 is 0 Å². The second kappa shape index (κ2) is 4.92. The summed E-state index contributed by atoms with van der Waals surface area (Å²) in [5.74, 6) is 6.46. The zero-order valence-corrected chi connectivity index (χ0v) is 10.3. The predicted molar refractivity (Wildman–Crippen MR) is 71.0 cm³/mol. The Bertz CT molecular complexity index is 502. The zero-order valence-electron chi connectivity index (χ0n) is 10.3. The number of aromatic nitrogens is 2. The number of hydrogen-bond donors (Lipinski definition) is 2. The molecule has 3 N–H and O–H groups in total. The van der Waals surface area contributed by atoms with Crippen LogP contribution in [0.1, 0.15) is 31.0 Å². The van der Waals surface area contributed by atoms with Crippen LogP contribution >= 0.6 is 0 Å². The van der Waals surface area contributed by atoms with Crippen LogP contribution in [0.5, 0.6) is 0 Å². The molecule has 1 saturated carbocycles. The molecule has 4 nitrogen and oxygen atoms in total. The van der Waals surface area contributed by atoms with Gasteiger partial charge in [-0.1, -0.05) is 31.0 Å². The minimum absolute atomic E-state index is 0.169. The number of nitrogens with zero attached hydrogens (tertiary/aromatic N) is 2. The van der Waals surface area contributed by atoms with Crippen LogP contribution in [0.4, 0.5) is 0 Å². The van der Waals surface area contributed by atoms with Crippen molar-refractivity contribution < 1.29 is 0 Å². The standard InChI is InChI=1S/C14H18N4/c15-16-14(10-11-6-7-11)13-8-9-18(17-13)12-4-2-1-3-5-12/h1-5,8-9,11,14,16H,6-7,10,15H2. The van der Waals surface area contributed by atoms with E-state index < -0.39 is 0 Å². The maximum atomic E-state index is 5.63. The third-order valence-corrected chi connectivity index (χ3v) is 3.45. The molecule has 1 atom stereocenters. The number of hydrazine groups is 1. The Hall–Kier alpha value is -1.65. The van der Waals surface area contributed by atoms with Gasteiger partial charge in [-0.05, 0) is 30.5 Å². The van der Waals surface area contributed by atoms with Gasteiger partial charge in [-0.3, -0.25) is 11.3 Å². The van der Waals surface area contributed by atoms with E-state index in [1.807, 2.05) is 47.3 Å². The van der Waals surface area contributed by atoms with Gasteiger partial charge in [-0.2, -0.15) is 5.10 Å². The first-order valence-corrected chi connectivity index (χ1v) is 6.44. The summed E-state index contributed by atoms with van der Waals surface area (Å²) >= 11 is 0. The molecule has 1 fully saturated rings. The lowest BCUT2D eigenvalue weighted by Gasteiger charge is -2.12. The summed E-state index contributed by atoms with van der Waals surface area (Å²) in [4.78, 5) is 0. The SMILES string of the molecule is NNC(CC1CC1)c1ccn(-c2ccccc2)n1. The van der Waals surface area contributed by atoms with Gasteiger partial charge in [0.2, 0.25) is 0 Å². The van der Waals surface area contributed by atoms with Crippen molar-refractivity contribution in [3.63, 3.8) is 0 Å². The average molecular weight is 242 g/mol. The van der Waals surface area contributed by atoms with E-state index in [0.29, 0.717) is 0 Å². The predicted octanol–water partition coefficient (Wildman–Crippen LogP) is 2.18. The fourth-order valence-corrected chi connectivity index (χ4v) is 2.21. The molecule has 0 bridgehead atoms. The van der Waals surface area contributed by atoms with Crippen LogP contribution in [0.25, 0.3) is 5.69 Å². The summed E-state index contributed by atoms with van der Waals surface area (Å²) in [5, 5.41) is 4.61. The van der Waals surface area contributed by atoms with Crippen LogP contribution in [-0.4, -0.2) is 9.78 Å². The van der Waals surface area contributed by atoms with Crippen molar-refractivity contribution in [3.8, 4) is 5.69 Å². The number of rotatable bonds is 5. The van der Waals surface area contributed by atoms with E-state index in [4.69, 9.17) is 5.84 Å². The van der Waals surface area contributed by atoms with Crippen molar-refractivity contribution in [2.75, 3.05) is 0 Å². The number of nitrogens with two attached hydrogens (primary N) is 1. The first kappa shape index (κ1) is 11.4. The molecule has 1 heterocycles. The molecule has 3 rings (SSSR count). The minimum Gasteiger partial charge on any atom is -0.271 e. The van der Waals surface area contributed by atoms with E-state index in [-0.39, 0.29) is 6.04 Å². The molecule has 1 aromatic carbocycles. The first-order valence-electron chi connectivity index (χ1n) is 6.44. The van der Waals surface area contributed by atoms with Gasteiger partial charge >= 0.3 is 0 Å². The van der Waals surface area contributed by atoms with Gasteiger partial charge in [0.15, 0.2) is 0 Å². The molecule has 2 aromatic rings. The van der Waals surface area contributed by atoms with Gasteiger partial charge in [-0.15, -0.1) is 0 Å². The maximum absolute atomic E-state index is 5.63. The molecule has 0 radical (unpaired) electrons. The number of hydrogen-bond acceptors (Lipinski definition) is 3. The summed E-state index contributed by atoms with van der Waals surface area (Å²) in [6, 6.07) is 12.3. The third kappa shape index (κ3) is 2.44. The summed E-state index contributed by atoms with van der Waals surface area (Å²) in [7, 11) is 0. The summed E-state index contributed by atoms with van der Waals surface area (Å²) in [6.45, 7) is 0. The fourth-order valence-electron chi connectivity index (χ4n) is 2.21. The molecule has 0 amide bonds. The monoisotopic (exact) mass is 242 g/mol. The molecule has 0 saturated heterocycles. The first-order chi connectivity index (χ1) is 8.86. The van der Waals surface area contributed by atoms with E-state index >= 15 is 0 Å². The lowest BCUT2D eigenvalue weighted by atomic mass is 10.1. The second-order valence-electron chi connectivity index (χ2n) is 4.92. The molecule has 0 spiro atoms. The van der Waals surface area contributed by atoms with E-state index in [0.717, 1.165) is 23.7 Å². The molecular weight excluding hydrogens is 224 g/mol. The van der Waals surface area contributed by atoms with Crippen LogP contribution < -0.4 is 11.3 Å². The van der Waals surface area contributed by atoms with E-state index in [9.17, 15) is 0 Å². The smallest absolute Gasteiger partial charge is 0.0812 e. The number of para-hydroxylation sites is 1. The van der Waals surface area contributed by atoms with Crippen LogP contribution in [-0.2, 0) is 0 Å². The highest BCUT2D eigenvalue weighted by Gasteiger charge is 2.26. The topological polar surface area (TPSA) is 55.9 Å². The van der Waals surface area contributed by atoms with Crippen molar-refractivity contribution in [1.29, 1.82) is 0 Å². The van der Waals surface area contributed by atoms with E-state index in [1.54, 1.807) is 0 Å². The molecule has 1 aliphatic carbocycles. The fraction of sp³-hybridized carbons (Fsp3) is 0.357. The van der Waals surface area contributed by atoms with Crippen molar-refractivity contribution in [2.24, 2.45) is 11.8 Å². The summed E-state index contributed by atoms with van der Waals surface area (Å²) in [6.07, 6.45) is 5.74. The highest BCUT2D eigenvalue weighted by molar-refractivity contribution is 5.30. The molecule has 94 valence electrons. The maximum Gasteiger partial charge on any atom is 0.0812 e. The largest absolute Gasteiger partial charge is 0.271 e. The summed E-state index contributed by atoms with van der Waals surface area (Å²) in [5.41, 5.74) is 4.98. The second-order valence-corrected chi connectivity index (χ2v) is 4.92. The molecule has 1 aliphatic rings. The Labute approximate surface area is 107 Å². The summed E-state index contributed by atoms with van der Waals surface area (Å²) < 4.78 is 1.90. The molecule has 1 aromatic heterocycles. The van der Waals surface area contributed by atoms with Crippen molar-refractivity contribution in [2.45, 2.75) is 25.3 Å². The Morgan fingerprint density at radius 2 is 2.06 bits per heavy atom. The van der Waals surface area contributed by atoms with Gasteiger partial charge in [0.05, 0.1) is 17.4 Å². The highest BCUT2D eigenvalue weighted by Crippen LogP contribution is 2.37. The van der Waals surface area contributed by atoms with Crippen LogP contribution in [0.15, 0.2) is 42.6 Å². The van der Waals surface area contributed by atoms with Crippen LogP contribution in [0, 0.1) is 5.92 Å². The molecule has 4 heteroatoms. The minimum atomic E-state index is 0.169. The highest BCUT2D eigenvalue weighted by atomic mass is 15.3. The molecular formula is C14H18N4. The van der Waals surface area contributed by atoms with Gasteiger partial charge in [0.1, 0.15) is 0 Å². The van der Waals surface area contributed by atoms with E-state index in [2.05, 4.69) is 10.5 Å². The zero-order chi connectivity index (χ0) is 12.4. The van der Waals surface area contributed by atoms with Gasteiger partial charge in [0, 0.05) is 6.20 Å². The van der Waals surface area contributed by atoms with Crippen molar-refractivity contribution in [1.82, 2.24) is 15.2 Å². The lowest BCUT2D eigenvalue weighted by molar-refractivity contribution is 0.474. The Morgan fingerprint density at radius 3 is 2.72 bits per heavy atom. The lowest BCUT2D eigenvalue weighted by Crippen LogP contribution is -2.28. The Kier molecular flexibility index (Phi) is 3.13. The van der Waals surface area contributed by atoms with Gasteiger partial charge < -0.3 is 0 Å². The quantitative estimate of drug-likeness (QED) is 0.624. The van der Waals surface area contributed by atoms with Gasteiger partial charge in [-0.25, -0.2) is 4.68 Å². The molecule has 1 unspecified atom stereocenters. The van der Waals surface area contributed by atoms with E-state index in [1.165, 1.54) is 12.8 Å². The van der Waals surface area contributed by atoms with Gasteiger partial charge in [0.25, 0.3) is 0 Å². The van der Waals surface area contributed by atoms with Crippen LogP contribution in [0.3, 0.4) is 0 Å². The molecule has 0 aliphatic heterocycles.